The number of carbonyl (C=O) groups is 2. The van der Waals surface area contributed by atoms with Crippen molar-refractivity contribution in [1.82, 2.24) is 0 Å². The second kappa shape index (κ2) is 13.3. The standard InChI is InChI=1S/C31H44N2O11/c1-14(2)7-8-16-13-17(9-11-19(16)34)27(37)33-21-22(35)18-10-12-20(15(3)24(18)42-28(21)38)41-29-23(36)25(43-30(32)39)26(40-6)31(4,5)44-29/h7,16-17,19,23,25-26,29,34-36H,8-13H2,1-6H3,(H2,32,39)(H,33,37)/p-1/t16?,17?,19?,23-,25+,26-,29-/m1/s1. The summed E-state index contributed by atoms with van der Waals surface area (Å²) in [6, 6.07) is 0. The quantitative estimate of drug-likeness (QED) is 0.311. The lowest BCUT2D eigenvalue weighted by Gasteiger charge is -2.47. The molecule has 3 unspecified atom stereocenters. The van der Waals surface area contributed by atoms with Crippen LogP contribution in [0.4, 0.5) is 10.5 Å². The van der Waals surface area contributed by atoms with Crippen molar-refractivity contribution in [2.75, 3.05) is 12.4 Å². The van der Waals surface area contributed by atoms with Crippen LogP contribution in [0.15, 0.2) is 26.6 Å². The molecule has 0 radical (unpaired) electrons. The van der Waals surface area contributed by atoms with Crippen LogP contribution in [-0.2, 0) is 30.2 Å². The highest BCUT2D eigenvalue weighted by Crippen LogP contribution is 2.41. The van der Waals surface area contributed by atoms with E-state index in [2.05, 4.69) is 5.32 Å². The van der Waals surface area contributed by atoms with Crippen molar-refractivity contribution in [3.8, 4) is 5.75 Å². The Labute approximate surface area is 256 Å². The first-order chi connectivity index (χ1) is 20.6. The van der Waals surface area contributed by atoms with Gasteiger partial charge in [-0.25, -0.2) is 9.59 Å². The fourth-order valence-corrected chi connectivity index (χ4v) is 6.32. The molecule has 0 aromatic carbocycles. The van der Waals surface area contributed by atoms with E-state index in [0.29, 0.717) is 37.0 Å². The molecule has 1 aromatic heterocycles. The lowest BCUT2D eigenvalue weighted by molar-refractivity contribution is -0.317. The van der Waals surface area contributed by atoms with E-state index in [4.69, 9.17) is 29.1 Å². The van der Waals surface area contributed by atoms with Crippen LogP contribution in [0.2, 0.25) is 0 Å². The lowest BCUT2D eigenvalue weighted by atomic mass is 9.77. The number of nitrogens with one attached hydrogen (secondary N) is 1. The Morgan fingerprint density at radius 2 is 1.91 bits per heavy atom. The Morgan fingerprint density at radius 3 is 2.55 bits per heavy atom. The number of allylic oxidation sites excluding steroid dienone is 4. The number of amides is 2. The van der Waals surface area contributed by atoms with Gasteiger partial charge in [0.25, 0.3) is 0 Å². The van der Waals surface area contributed by atoms with E-state index < -0.39 is 71.3 Å². The number of carbonyl (C=O) groups excluding carboxylic acids is 2. The third-order valence-electron chi connectivity index (χ3n) is 8.71. The molecule has 0 bridgehead atoms. The predicted molar refractivity (Wildman–Crippen MR) is 156 cm³/mol. The van der Waals surface area contributed by atoms with Crippen molar-refractivity contribution in [2.45, 2.75) is 109 Å². The minimum atomic E-state index is -1.48. The number of primary amides is 1. The second-order valence-electron chi connectivity index (χ2n) is 12.5. The first-order valence-corrected chi connectivity index (χ1v) is 14.8. The number of aliphatic hydroxyl groups is 2. The summed E-state index contributed by atoms with van der Waals surface area (Å²) in [5.41, 5.74) is 4.39. The van der Waals surface area contributed by atoms with E-state index in [1.165, 1.54) is 7.11 Å². The fourth-order valence-electron chi connectivity index (χ4n) is 6.32. The van der Waals surface area contributed by atoms with Gasteiger partial charge in [0.15, 0.2) is 12.2 Å². The third kappa shape index (κ3) is 6.96. The van der Waals surface area contributed by atoms with Gasteiger partial charge in [0, 0.05) is 25.0 Å². The van der Waals surface area contributed by atoms with Gasteiger partial charge < -0.3 is 49.7 Å². The largest absolute Gasteiger partial charge is 0.871 e. The van der Waals surface area contributed by atoms with Crippen LogP contribution in [-0.4, -0.2) is 65.6 Å². The summed E-state index contributed by atoms with van der Waals surface area (Å²) >= 11 is 0. The van der Waals surface area contributed by atoms with Crippen LogP contribution in [0.1, 0.15) is 78.0 Å². The zero-order chi connectivity index (χ0) is 32.5. The van der Waals surface area contributed by atoms with E-state index in [0.717, 1.165) is 5.57 Å². The molecule has 1 aliphatic heterocycles. The van der Waals surface area contributed by atoms with Crippen LogP contribution in [0.5, 0.6) is 5.75 Å². The minimum absolute atomic E-state index is 0.0195. The minimum Gasteiger partial charge on any atom is -0.871 e. The molecule has 4 rings (SSSR count). The number of hydrogen-bond acceptors (Lipinski definition) is 11. The molecule has 13 heteroatoms. The Hall–Kier alpha value is -3.39. The average molecular weight is 620 g/mol. The SMILES string of the molecule is CO[C@@H]1[C@@H](OC(N)=O)[C@@H](O)[C@H](OC2=C(C)c3oc(=O)c(NC(=O)C4CCC(O)C(CC=C(C)C)C4)c([O-])c3CC2)OC1(C)C. The average Bonchev–Trinajstić information content (AvgIpc) is 2.94. The van der Waals surface area contributed by atoms with Crippen molar-refractivity contribution in [3.63, 3.8) is 0 Å². The van der Waals surface area contributed by atoms with Gasteiger partial charge in [0.2, 0.25) is 12.2 Å². The molecule has 2 amide bonds. The van der Waals surface area contributed by atoms with Crippen LogP contribution >= 0.6 is 0 Å². The summed E-state index contributed by atoms with van der Waals surface area (Å²) in [6.45, 7) is 8.89. The molecule has 44 heavy (non-hydrogen) atoms. The van der Waals surface area contributed by atoms with Gasteiger partial charge in [-0.2, -0.15) is 0 Å². The molecule has 2 aliphatic carbocycles. The highest BCUT2D eigenvalue weighted by molar-refractivity contribution is 5.94. The highest BCUT2D eigenvalue weighted by Gasteiger charge is 2.53. The first-order valence-electron chi connectivity index (χ1n) is 14.8. The molecule has 2 heterocycles. The third-order valence-corrected chi connectivity index (χ3v) is 8.71. The molecule has 13 nitrogen and oxygen atoms in total. The smallest absolute Gasteiger partial charge is 0.404 e. The molecule has 1 aromatic rings. The fraction of sp³-hybridized carbons (Fsp3) is 0.645. The zero-order valence-corrected chi connectivity index (χ0v) is 26.0. The number of nitrogens with two attached hydrogens (primary N) is 1. The summed E-state index contributed by atoms with van der Waals surface area (Å²) in [4.78, 5) is 37.7. The topological polar surface area (TPSA) is 203 Å². The van der Waals surface area contributed by atoms with E-state index in [1.807, 2.05) is 19.9 Å². The van der Waals surface area contributed by atoms with Gasteiger partial charge in [0.05, 0.1) is 11.7 Å². The molecular weight excluding hydrogens is 576 g/mol. The van der Waals surface area contributed by atoms with Gasteiger partial charge in [-0.1, -0.05) is 17.4 Å². The number of aliphatic hydroxyl groups excluding tert-OH is 2. The van der Waals surface area contributed by atoms with Gasteiger partial charge in [0.1, 0.15) is 23.3 Å². The van der Waals surface area contributed by atoms with Crippen molar-refractivity contribution in [2.24, 2.45) is 17.6 Å². The number of fused-ring (bicyclic) bond motifs is 1. The van der Waals surface area contributed by atoms with E-state index >= 15 is 0 Å². The molecule has 244 valence electrons. The Kier molecular flexibility index (Phi) is 10.1. The van der Waals surface area contributed by atoms with Crippen molar-refractivity contribution in [3.05, 3.63) is 39.2 Å². The monoisotopic (exact) mass is 619 g/mol. The number of anilines is 1. The number of ether oxygens (including phenoxy) is 4. The highest BCUT2D eigenvalue weighted by atomic mass is 16.7. The van der Waals surface area contributed by atoms with Gasteiger partial charge in [-0.05, 0) is 78.2 Å². The van der Waals surface area contributed by atoms with Crippen molar-refractivity contribution >= 4 is 23.3 Å². The summed E-state index contributed by atoms with van der Waals surface area (Å²) < 4.78 is 28.1. The zero-order valence-electron chi connectivity index (χ0n) is 26.0. The van der Waals surface area contributed by atoms with Crippen LogP contribution in [0, 0.1) is 11.8 Å². The summed E-state index contributed by atoms with van der Waals surface area (Å²) in [6.07, 6.45) is -2.14. The molecule has 2 fully saturated rings. The molecule has 0 spiro atoms. The maximum absolute atomic E-state index is 13.4. The molecule has 3 aliphatic rings. The number of rotatable bonds is 8. The van der Waals surface area contributed by atoms with Crippen molar-refractivity contribution in [1.29, 1.82) is 0 Å². The van der Waals surface area contributed by atoms with Crippen molar-refractivity contribution < 1.29 is 48.3 Å². The molecular formula is C31H43N2O11-. The number of hydrogen-bond donors (Lipinski definition) is 4. The second-order valence-corrected chi connectivity index (χ2v) is 12.5. The summed E-state index contributed by atoms with van der Waals surface area (Å²) in [7, 11) is 1.38. The molecule has 5 N–H and O–H groups in total. The maximum atomic E-state index is 13.4. The van der Waals surface area contributed by atoms with Crippen LogP contribution in [0.3, 0.4) is 0 Å². The lowest BCUT2D eigenvalue weighted by Crippen LogP contribution is -2.64. The Balaban J connectivity index is 1.54. The van der Waals surface area contributed by atoms with Gasteiger partial charge in [-0.15, -0.1) is 0 Å². The van der Waals surface area contributed by atoms with Gasteiger partial charge >= 0.3 is 11.7 Å². The summed E-state index contributed by atoms with van der Waals surface area (Å²) in [5.74, 6) is -1.32. The van der Waals surface area contributed by atoms with Gasteiger partial charge in [-0.3, -0.25) is 4.79 Å². The predicted octanol–water partition coefficient (Wildman–Crippen LogP) is 2.45. The van der Waals surface area contributed by atoms with E-state index in [-0.39, 0.29) is 30.1 Å². The summed E-state index contributed by atoms with van der Waals surface area (Å²) in [5, 5.41) is 37.3. The van der Waals surface area contributed by atoms with Crippen LogP contribution < -0.4 is 21.8 Å². The molecule has 1 saturated carbocycles. The van der Waals surface area contributed by atoms with E-state index in [1.54, 1.807) is 20.8 Å². The van der Waals surface area contributed by atoms with E-state index in [9.17, 15) is 29.7 Å². The maximum Gasteiger partial charge on any atom is 0.404 e. The Morgan fingerprint density at radius 1 is 1.20 bits per heavy atom. The molecule has 7 atom stereocenters. The first kappa shape index (κ1) is 33.5. The molecule has 1 saturated heterocycles. The number of methoxy groups -OCH3 is 1. The normalized spacial score (nSPS) is 29.8. The Bertz CT molecular complexity index is 1380. The van der Waals surface area contributed by atoms with Crippen LogP contribution in [0.25, 0.3) is 5.57 Å².